The van der Waals surface area contributed by atoms with Gasteiger partial charge in [-0.2, -0.15) is 0 Å². The zero-order valence-corrected chi connectivity index (χ0v) is 12.2. The van der Waals surface area contributed by atoms with Gasteiger partial charge in [0.15, 0.2) is 0 Å². The summed E-state index contributed by atoms with van der Waals surface area (Å²) in [7, 11) is 0. The molecule has 0 bridgehead atoms. The molecule has 2 rings (SSSR count). The molecule has 1 aliphatic rings. The van der Waals surface area contributed by atoms with Crippen molar-refractivity contribution < 1.29 is 4.79 Å². The Bertz CT molecular complexity index is 383. The zero-order chi connectivity index (χ0) is 13.5. The largest absolute Gasteiger partial charge is 0.299 e. The summed E-state index contributed by atoms with van der Waals surface area (Å²) < 4.78 is 0. The van der Waals surface area contributed by atoms with Crippen LogP contribution in [0.2, 0.25) is 0 Å². The normalized spacial score (nSPS) is 17.7. The van der Waals surface area contributed by atoms with Gasteiger partial charge < -0.3 is 0 Å². The fraction of sp³-hybridized carbons (Fsp3) is 0.611. The Labute approximate surface area is 117 Å². The van der Waals surface area contributed by atoms with Crippen LogP contribution in [0.15, 0.2) is 24.3 Å². The van der Waals surface area contributed by atoms with E-state index < -0.39 is 0 Å². The minimum Gasteiger partial charge on any atom is -0.299 e. The van der Waals surface area contributed by atoms with E-state index in [9.17, 15) is 4.79 Å². The van der Waals surface area contributed by atoms with Crippen LogP contribution >= 0.6 is 0 Å². The van der Waals surface area contributed by atoms with Crippen LogP contribution in [-0.4, -0.2) is 5.78 Å². The lowest BCUT2D eigenvalue weighted by molar-refractivity contribution is -0.122. The lowest BCUT2D eigenvalue weighted by Crippen LogP contribution is -2.18. The minimum atomic E-state index is 0.325. The fourth-order valence-corrected chi connectivity index (χ4v) is 3.02. The smallest absolute Gasteiger partial charge is 0.140 e. The SMILES string of the molecule is CCc1ccc(CC(=O)C2CCCCCCC2)cc1. The molecule has 0 amide bonds. The van der Waals surface area contributed by atoms with Crippen LogP contribution in [0.25, 0.3) is 0 Å². The van der Waals surface area contributed by atoms with Crippen LogP contribution in [0, 0.1) is 5.92 Å². The lowest BCUT2D eigenvalue weighted by atomic mass is 9.86. The first-order valence-corrected chi connectivity index (χ1v) is 7.90. The van der Waals surface area contributed by atoms with Gasteiger partial charge in [0.05, 0.1) is 0 Å². The van der Waals surface area contributed by atoms with Gasteiger partial charge in [-0.1, -0.05) is 63.3 Å². The summed E-state index contributed by atoms with van der Waals surface area (Å²) >= 11 is 0. The van der Waals surface area contributed by atoms with Crippen molar-refractivity contribution in [2.45, 2.75) is 64.7 Å². The molecule has 1 fully saturated rings. The Kier molecular flexibility index (Phi) is 5.62. The van der Waals surface area contributed by atoms with Crippen LogP contribution in [0.1, 0.15) is 63.0 Å². The maximum absolute atomic E-state index is 12.4. The topological polar surface area (TPSA) is 17.1 Å². The summed E-state index contributed by atoms with van der Waals surface area (Å²) in [5.41, 5.74) is 2.53. The average molecular weight is 258 g/mol. The quantitative estimate of drug-likeness (QED) is 0.763. The number of carbonyl (C=O) groups excluding carboxylic acids is 1. The lowest BCUT2D eigenvalue weighted by Gasteiger charge is -2.18. The predicted octanol–water partition coefficient (Wildman–Crippen LogP) is 4.72. The van der Waals surface area contributed by atoms with E-state index in [1.807, 2.05) is 0 Å². The van der Waals surface area contributed by atoms with Gasteiger partial charge in [0.2, 0.25) is 0 Å². The van der Waals surface area contributed by atoms with Gasteiger partial charge in [0.25, 0.3) is 0 Å². The maximum atomic E-state index is 12.4. The second-order valence-electron chi connectivity index (χ2n) is 5.86. The second-order valence-corrected chi connectivity index (χ2v) is 5.86. The third-order valence-electron chi connectivity index (χ3n) is 4.37. The van der Waals surface area contributed by atoms with Crippen molar-refractivity contribution >= 4 is 5.78 Å². The molecule has 0 aliphatic heterocycles. The fourth-order valence-electron chi connectivity index (χ4n) is 3.02. The number of benzene rings is 1. The summed E-state index contributed by atoms with van der Waals surface area (Å²) in [6.45, 7) is 2.16. The van der Waals surface area contributed by atoms with E-state index in [1.54, 1.807) is 0 Å². The number of carbonyl (C=O) groups is 1. The van der Waals surface area contributed by atoms with E-state index in [-0.39, 0.29) is 0 Å². The summed E-state index contributed by atoms with van der Waals surface area (Å²) in [5, 5.41) is 0. The van der Waals surface area contributed by atoms with Crippen molar-refractivity contribution in [1.82, 2.24) is 0 Å². The molecule has 1 heteroatoms. The molecule has 0 aromatic heterocycles. The van der Waals surface area contributed by atoms with E-state index in [2.05, 4.69) is 31.2 Å². The molecule has 1 saturated carbocycles. The Morgan fingerprint density at radius 1 is 0.947 bits per heavy atom. The molecule has 0 spiro atoms. The summed E-state index contributed by atoms with van der Waals surface area (Å²) in [6, 6.07) is 8.56. The minimum absolute atomic E-state index is 0.325. The molecule has 19 heavy (non-hydrogen) atoms. The highest BCUT2D eigenvalue weighted by Gasteiger charge is 2.19. The standard InChI is InChI=1S/C18H26O/c1-2-15-10-12-16(13-11-15)14-18(19)17-8-6-4-3-5-7-9-17/h10-13,17H,2-9,14H2,1H3. The molecule has 0 heterocycles. The van der Waals surface area contributed by atoms with E-state index in [4.69, 9.17) is 0 Å². The van der Waals surface area contributed by atoms with E-state index >= 15 is 0 Å². The van der Waals surface area contributed by atoms with Crippen LogP contribution in [0.5, 0.6) is 0 Å². The van der Waals surface area contributed by atoms with Crippen LogP contribution in [-0.2, 0) is 17.6 Å². The highest BCUT2D eigenvalue weighted by molar-refractivity contribution is 5.83. The Balaban J connectivity index is 1.90. The predicted molar refractivity (Wildman–Crippen MR) is 80.3 cm³/mol. The maximum Gasteiger partial charge on any atom is 0.140 e. The number of rotatable bonds is 4. The summed E-state index contributed by atoms with van der Waals surface area (Å²) in [4.78, 5) is 12.4. The third kappa shape index (κ3) is 4.49. The van der Waals surface area contributed by atoms with Crippen LogP contribution in [0.3, 0.4) is 0 Å². The molecule has 104 valence electrons. The first-order valence-electron chi connectivity index (χ1n) is 7.90. The van der Waals surface area contributed by atoms with Gasteiger partial charge in [-0.25, -0.2) is 0 Å². The number of ketones is 1. The molecule has 0 radical (unpaired) electrons. The van der Waals surface area contributed by atoms with Gasteiger partial charge in [0.1, 0.15) is 5.78 Å². The molecule has 1 aromatic rings. The summed E-state index contributed by atoms with van der Waals surface area (Å²) in [6.07, 6.45) is 10.4. The van der Waals surface area contributed by atoms with Crippen molar-refractivity contribution in [3.05, 3.63) is 35.4 Å². The molecule has 1 aliphatic carbocycles. The summed E-state index contributed by atoms with van der Waals surface area (Å²) in [5.74, 6) is 0.789. The molecule has 0 unspecified atom stereocenters. The van der Waals surface area contributed by atoms with E-state index in [0.29, 0.717) is 18.1 Å². The van der Waals surface area contributed by atoms with E-state index in [0.717, 1.165) is 19.3 Å². The average Bonchev–Trinajstić information content (AvgIpc) is 2.39. The van der Waals surface area contributed by atoms with Gasteiger partial charge in [-0.15, -0.1) is 0 Å². The number of hydrogen-bond donors (Lipinski definition) is 0. The number of hydrogen-bond acceptors (Lipinski definition) is 1. The highest BCUT2D eigenvalue weighted by Crippen LogP contribution is 2.24. The molecule has 1 aromatic carbocycles. The van der Waals surface area contributed by atoms with Crippen molar-refractivity contribution in [3.63, 3.8) is 0 Å². The molecular formula is C18H26O. The zero-order valence-electron chi connectivity index (χ0n) is 12.2. The Hall–Kier alpha value is -1.11. The monoisotopic (exact) mass is 258 g/mol. The van der Waals surface area contributed by atoms with Crippen LogP contribution in [0.4, 0.5) is 0 Å². The van der Waals surface area contributed by atoms with Crippen molar-refractivity contribution in [2.24, 2.45) is 5.92 Å². The molecule has 0 N–H and O–H groups in total. The molecular weight excluding hydrogens is 232 g/mol. The first kappa shape index (κ1) is 14.3. The van der Waals surface area contributed by atoms with Crippen molar-refractivity contribution in [1.29, 1.82) is 0 Å². The first-order chi connectivity index (χ1) is 9.29. The van der Waals surface area contributed by atoms with Crippen LogP contribution < -0.4 is 0 Å². The third-order valence-corrected chi connectivity index (χ3v) is 4.37. The van der Waals surface area contributed by atoms with Gasteiger partial charge in [-0.3, -0.25) is 4.79 Å². The van der Waals surface area contributed by atoms with Gasteiger partial charge in [-0.05, 0) is 30.4 Å². The molecule has 1 nitrogen and oxygen atoms in total. The van der Waals surface area contributed by atoms with E-state index in [1.165, 1.54) is 43.2 Å². The number of Topliss-reactive ketones (excluding diaryl/α,β-unsaturated/α-hetero) is 1. The van der Waals surface area contributed by atoms with Gasteiger partial charge in [0, 0.05) is 12.3 Å². The second kappa shape index (κ2) is 7.47. The Morgan fingerprint density at radius 3 is 2.05 bits per heavy atom. The number of aryl methyl sites for hydroxylation is 1. The molecule has 0 saturated heterocycles. The Morgan fingerprint density at radius 2 is 1.47 bits per heavy atom. The van der Waals surface area contributed by atoms with Crippen molar-refractivity contribution in [2.75, 3.05) is 0 Å². The molecule has 0 atom stereocenters. The van der Waals surface area contributed by atoms with Gasteiger partial charge >= 0.3 is 0 Å². The highest BCUT2D eigenvalue weighted by atomic mass is 16.1. The van der Waals surface area contributed by atoms with Crippen molar-refractivity contribution in [3.8, 4) is 0 Å².